The Morgan fingerprint density at radius 2 is 1.49 bits per heavy atom. The molecule has 6 aliphatic rings. The average Bonchev–Trinajstić information content (AvgIpc) is 2.86. The maximum atomic E-state index is 13.6. The van der Waals surface area contributed by atoms with Crippen LogP contribution in [0.4, 0.5) is 11.4 Å². The third kappa shape index (κ3) is 5.17. The first-order valence-electron chi connectivity index (χ1n) is 13.5. The lowest BCUT2D eigenvalue weighted by molar-refractivity contribution is -0.118. The Balaban J connectivity index is 0.00000140. The number of para-hydroxylation sites is 1. The summed E-state index contributed by atoms with van der Waals surface area (Å²) < 4.78 is 0. The van der Waals surface area contributed by atoms with Gasteiger partial charge in [0.05, 0.1) is 11.4 Å². The highest BCUT2D eigenvalue weighted by Gasteiger charge is 2.50. The first kappa shape index (κ1) is 27.6. The molecule has 4 nitrogen and oxygen atoms in total. The molecule has 0 radical (unpaired) electrons. The number of hydrogen-bond acceptors (Lipinski definition) is 4. The van der Waals surface area contributed by atoms with Crippen molar-refractivity contribution < 1.29 is 4.79 Å². The lowest BCUT2D eigenvalue weighted by atomic mass is 9.54. The highest BCUT2D eigenvalue weighted by atomic mass is 35.5. The third-order valence-electron chi connectivity index (χ3n) is 9.38. The van der Waals surface area contributed by atoms with E-state index in [-0.39, 0.29) is 30.7 Å². The molecule has 8 heteroatoms. The summed E-state index contributed by atoms with van der Waals surface area (Å²) in [6.07, 6.45) is 8.03. The van der Waals surface area contributed by atoms with Gasteiger partial charge in [0.1, 0.15) is 0 Å². The van der Waals surface area contributed by atoms with Crippen molar-refractivity contribution >= 4 is 65.5 Å². The molecule has 0 aromatic heterocycles. The summed E-state index contributed by atoms with van der Waals surface area (Å²) in [5.74, 6) is 4.16. The number of rotatable bonds is 4. The number of anilines is 2. The number of carbonyl (C=O) groups is 1. The molecule has 4 aliphatic carbocycles. The minimum atomic E-state index is 0. The molecule has 2 heterocycles. The van der Waals surface area contributed by atoms with E-state index in [4.69, 9.17) is 11.6 Å². The first-order valence-corrected chi connectivity index (χ1v) is 14.7. The zero-order valence-corrected chi connectivity index (χ0v) is 24.3. The number of amides is 1. The largest absolute Gasteiger partial charge is 0.300 e. The van der Waals surface area contributed by atoms with Crippen molar-refractivity contribution in [3.05, 3.63) is 47.5 Å². The predicted molar refractivity (Wildman–Crippen MR) is 157 cm³/mol. The van der Waals surface area contributed by atoms with Crippen molar-refractivity contribution in [3.8, 4) is 0 Å². The topological polar surface area (TPSA) is 26.8 Å². The lowest BCUT2D eigenvalue weighted by Crippen LogP contribution is -2.60. The van der Waals surface area contributed by atoms with Crippen molar-refractivity contribution in [2.75, 3.05) is 37.6 Å². The zero-order valence-electron chi connectivity index (χ0n) is 21.1. The van der Waals surface area contributed by atoms with Crippen molar-refractivity contribution in [1.82, 2.24) is 9.80 Å². The second-order valence-corrected chi connectivity index (χ2v) is 13.0. The Kier molecular flexibility index (Phi) is 8.41. The van der Waals surface area contributed by atoms with Gasteiger partial charge in [0.25, 0.3) is 0 Å². The van der Waals surface area contributed by atoms with Gasteiger partial charge >= 0.3 is 0 Å². The summed E-state index contributed by atoms with van der Waals surface area (Å²) in [6, 6.07) is 14.9. The number of carbonyl (C=O) groups excluding carboxylic acids is 1. The van der Waals surface area contributed by atoms with Gasteiger partial charge in [-0.1, -0.05) is 35.5 Å². The molecule has 0 unspecified atom stereocenters. The lowest BCUT2D eigenvalue weighted by Gasteiger charge is -2.58. The quantitative estimate of drug-likeness (QED) is 0.384. The van der Waals surface area contributed by atoms with E-state index in [2.05, 4.69) is 15.9 Å². The zero-order chi connectivity index (χ0) is 23.5. The molecule has 0 spiro atoms. The molecule has 1 amide bonds. The van der Waals surface area contributed by atoms with Crippen LogP contribution in [0.2, 0.25) is 5.02 Å². The van der Waals surface area contributed by atoms with Crippen LogP contribution in [0.15, 0.2) is 52.3 Å². The number of halogens is 3. The van der Waals surface area contributed by atoms with Crippen LogP contribution >= 0.6 is 48.2 Å². The summed E-state index contributed by atoms with van der Waals surface area (Å²) in [7, 11) is 0. The summed E-state index contributed by atoms with van der Waals surface area (Å²) in [4.78, 5) is 23.1. The normalized spacial score (nSPS) is 30.2. The minimum absolute atomic E-state index is 0. The van der Waals surface area contributed by atoms with E-state index in [1.54, 1.807) is 11.8 Å². The monoisotopic (exact) mass is 579 g/mol. The van der Waals surface area contributed by atoms with Crippen molar-refractivity contribution in [2.24, 2.45) is 23.7 Å². The van der Waals surface area contributed by atoms with E-state index in [1.165, 1.54) is 45.2 Å². The molecular weight excluding hydrogens is 545 g/mol. The van der Waals surface area contributed by atoms with Crippen LogP contribution in [0.25, 0.3) is 0 Å². The van der Waals surface area contributed by atoms with E-state index >= 15 is 0 Å². The van der Waals surface area contributed by atoms with Gasteiger partial charge in [0, 0.05) is 60.0 Å². The molecule has 5 fully saturated rings. The van der Waals surface area contributed by atoms with E-state index < -0.39 is 0 Å². The smallest absolute Gasteiger partial charge is 0.232 e. The molecule has 2 aromatic carbocycles. The number of benzene rings is 2. The fourth-order valence-corrected chi connectivity index (χ4v) is 9.34. The molecule has 8 rings (SSSR count). The molecule has 4 saturated carbocycles. The fraction of sp³-hybridized carbons (Fsp3) is 0.552. The standard InChI is InChI=1S/C29H34ClN3OS.2ClH/c30-23-5-6-27-25(18-23)33(24-3-1-2-4-26(24)35-27)28(34)7-8-31-9-11-32(12-10-31)29-21-14-19-13-20(16-21)17-22(29)15-19;;/h1-6,18-22,29H,7-17H2;2*1H. The van der Waals surface area contributed by atoms with Gasteiger partial charge in [0.2, 0.25) is 5.91 Å². The van der Waals surface area contributed by atoms with E-state index in [0.717, 1.165) is 70.5 Å². The van der Waals surface area contributed by atoms with Crippen LogP contribution < -0.4 is 4.90 Å². The minimum Gasteiger partial charge on any atom is -0.300 e. The van der Waals surface area contributed by atoms with Gasteiger partial charge in [-0.15, -0.1) is 24.8 Å². The number of hydrogen-bond donors (Lipinski definition) is 0. The maximum Gasteiger partial charge on any atom is 0.232 e. The summed E-state index contributed by atoms with van der Waals surface area (Å²) in [6.45, 7) is 5.34. The van der Waals surface area contributed by atoms with Crippen molar-refractivity contribution in [2.45, 2.75) is 54.4 Å². The first-order chi connectivity index (χ1) is 17.1. The Morgan fingerprint density at radius 3 is 2.19 bits per heavy atom. The fourth-order valence-electron chi connectivity index (χ4n) is 8.14. The molecule has 2 aromatic rings. The predicted octanol–water partition coefficient (Wildman–Crippen LogP) is 7.15. The third-order valence-corrected chi connectivity index (χ3v) is 10.8. The highest BCUT2D eigenvalue weighted by molar-refractivity contribution is 7.99. The molecule has 0 N–H and O–H groups in total. The summed E-state index contributed by atoms with van der Waals surface area (Å²) in [5, 5.41) is 0.669. The van der Waals surface area contributed by atoms with E-state index in [0.29, 0.717) is 11.4 Å². The average molecular weight is 581 g/mol. The molecule has 0 atom stereocenters. The van der Waals surface area contributed by atoms with Gasteiger partial charge in [-0.3, -0.25) is 14.6 Å². The second-order valence-electron chi connectivity index (χ2n) is 11.5. The second kappa shape index (κ2) is 11.3. The van der Waals surface area contributed by atoms with Crippen LogP contribution in [-0.4, -0.2) is 54.5 Å². The number of piperazine rings is 1. The summed E-state index contributed by atoms with van der Waals surface area (Å²) >= 11 is 8.05. The molecule has 37 heavy (non-hydrogen) atoms. The van der Waals surface area contributed by atoms with Crippen LogP contribution in [0.3, 0.4) is 0 Å². The van der Waals surface area contributed by atoms with Crippen molar-refractivity contribution in [3.63, 3.8) is 0 Å². The van der Waals surface area contributed by atoms with E-state index in [1.807, 2.05) is 41.3 Å². The van der Waals surface area contributed by atoms with Crippen LogP contribution in [-0.2, 0) is 4.79 Å². The molecule has 1 saturated heterocycles. The molecule has 2 aliphatic heterocycles. The van der Waals surface area contributed by atoms with E-state index in [9.17, 15) is 4.79 Å². The van der Waals surface area contributed by atoms with Gasteiger partial charge in [-0.05, 0) is 86.1 Å². The SMILES string of the molecule is Cl.Cl.O=C(CCN1CCN(C2C3CC4CC(C3)CC2C4)CC1)N1c2ccccc2Sc2ccc(Cl)cc21. The Morgan fingerprint density at radius 1 is 0.838 bits per heavy atom. The van der Waals surface area contributed by atoms with Gasteiger partial charge in [0.15, 0.2) is 0 Å². The van der Waals surface area contributed by atoms with Crippen molar-refractivity contribution in [1.29, 1.82) is 0 Å². The molecule has 4 bridgehead atoms. The van der Waals surface area contributed by atoms with Gasteiger partial charge < -0.3 is 4.90 Å². The molecular formula is C29H36Cl3N3OS. The van der Waals surface area contributed by atoms with Crippen LogP contribution in [0.1, 0.15) is 38.5 Å². The van der Waals surface area contributed by atoms with Gasteiger partial charge in [-0.25, -0.2) is 0 Å². The maximum absolute atomic E-state index is 13.6. The van der Waals surface area contributed by atoms with Crippen LogP contribution in [0.5, 0.6) is 0 Å². The number of nitrogens with zero attached hydrogens (tertiary/aromatic N) is 3. The van der Waals surface area contributed by atoms with Crippen LogP contribution in [0, 0.1) is 23.7 Å². The molecule has 200 valence electrons. The number of fused-ring (bicyclic) bond motifs is 2. The Hall–Kier alpha value is -0.950. The highest BCUT2D eigenvalue weighted by Crippen LogP contribution is 2.55. The Bertz CT molecular complexity index is 1110. The summed E-state index contributed by atoms with van der Waals surface area (Å²) in [5.41, 5.74) is 1.89. The van der Waals surface area contributed by atoms with Gasteiger partial charge in [-0.2, -0.15) is 0 Å². The Labute approximate surface area is 242 Å².